The van der Waals surface area contributed by atoms with Crippen LogP contribution in [-0.2, 0) is 0 Å². The van der Waals surface area contributed by atoms with Gasteiger partial charge < -0.3 is 10.0 Å². The van der Waals surface area contributed by atoms with Crippen LogP contribution in [0.4, 0.5) is 0 Å². The maximum absolute atomic E-state index is 9.18. The first-order valence-corrected chi connectivity index (χ1v) is 8.56. The summed E-state index contributed by atoms with van der Waals surface area (Å²) in [4.78, 5) is 2.48. The van der Waals surface area contributed by atoms with Crippen LogP contribution in [0.15, 0.2) is 0 Å². The molecule has 4 fully saturated rings. The third-order valence-electron chi connectivity index (χ3n) is 6.08. The van der Waals surface area contributed by atoms with Crippen LogP contribution in [0.3, 0.4) is 0 Å². The second kappa shape index (κ2) is 5.73. The average molecular weight is 265 g/mol. The monoisotopic (exact) mass is 265 g/mol. The van der Waals surface area contributed by atoms with Crippen LogP contribution in [-0.4, -0.2) is 36.2 Å². The molecular formula is C17H31NO. The van der Waals surface area contributed by atoms with Gasteiger partial charge in [0.05, 0.1) is 6.61 Å². The molecule has 0 unspecified atom stereocenters. The molecule has 2 nitrogen and oxygen atoms in total. The molecule has 19 heavy (non-hydrogen) atoms. The lowest BCUT2D eigenvalue weighted by atomic mass is 9.49. The van der Waals surface area contributed by atoms with Crippen molar-refractivity contribution in [3.8, 4) is 0 Å². The second-order valence-corrected chi connectivity index (χ2v) is 7.73. The molecule has 0 aromatic heterocycles. The summed E-state index contributed by atoms with van der Waals surface area (Å²) < 4.78 is 0. The molecule has 0 spiro atoms. The Kier molecular flexibility index (Phi) is 4.19. The lowest BCUT2D eigenvalue weighted by molar-refractivity contribution is -0.0613. The maximum atomic E-state index is 9.18. The number of aliphatic hydroxyl groups excluding tert-OH is 1. The van der Waals surface area contributed by atoms with Gasteiger partial charge in [0.2, 0.25) is 0 Å². The Hall–Kier alpha value is -0.0800. The molecule has 2 heteroatoms. The number of rotatable bonds is 7. The average Bonchev–Trinajstić information content (AvgIpc) is 2.35. The fourth-order valence-electron chi connectivity index (χ4n) is 5.78. The Labute approximate surface area is 118 Å². The van der Waals surface area contributed by atoms with Crippen molar-refractivity contribution in [2.24, 2.45) is 23.2 Å². The zero-order valence-corrected chi connectivity index (χ0v) is 12.6. The molecule has 4 aliphatic carbocycles. The van der Waals surface area contributed by atoms with Crippen LogP contribution in [0.2, 0.25) is 0 Å². The smallest absolute Gasteiger partial charge is 0.0558 e. The second-order valence-electron chi connectivity index (χ2n) is 7.73. The zero-order chi connectivity index (χ0) is 13.3. The zero-order valence-electron chi connectivity index (χ0n) is 12.6. The molecule has 0 atom stereocenters. The SMILES string of the molecule is CCCN(CCO)CCC12CC3CC(CC(C3)C1)C2. The maximum Gasteiger partial charge on any atom is 0.0558 e. The van der Waals surface area contributed by atoms with Crippen molar-refractivity contribution in [1.29, 1.82) is 0 Å². The minimum atomic E-state index is 0.320. The van der Waals surface area contributed by atoms with E-state index in [-0.39, 0.29) is 0 Å². The Morgan fingerprint density at radius 3 is 2.00 bits per heavy atom. The molecule has 0 radical (unpaired) electrons. The Bertz CT molecular complexity index is 260. The van der Waals surface area contributed by atoms with Crippen molar-refractivity contribution in [2.45, 2.75) is 58.3 Å². The first-order chi connectivity index (χ1) is 9.23. The number of nitrogens with zero attached hydrogens (tertiary/aromatic N) is 1. The molecule has 4 aliphatic rings. The highest BCUT2D eigenvalue weighted by atomic mass is 16.3. The van der Waals surface area contributed by atoms with Gasteiger partial charge in [0.25, 0.3) is 0 Å². The molecule has 4 rings (SSSR count). The van der Waals surface area contributed by atoms with E-state index in [4.69, 9.17) is 0 Å². The normalized spacial score (nSPS) is 40.3. The molecular weight excluding hydrogens is 234 g/mol. The van der Waals surface area contributed by atoms with E-state index in [2.05, 4.69) is 11.8 Å². The van der Waals surface area contributed by atoms with E-state index in [1.165, 1.54) is 38.6 Å². The fourth-order valence-corrected chi connectivity index (χ4v) is 5.78. The molecule has 4 saturated carbocycles. The highest BCUT2D eigenvalue weighted by molar-refractivity contribution is 5.01. The summed E-state index contributed by atoms with van der Waals surface area (Å²) >= 11 is 0. The molecule has 0 saturated heterocycles. The molecule has 1 N–H and O–H groups in total. The molecule has 110 valence electrons. The van der Waals surface area contributed by atoms with E-state index in [0.717, 1.165) is 30.8 Å². The van der Waals surface area contributed by atoms with Gasteiger partial charge in [-0.25, -0.2) is 0 Å². The minimum Gasteiger partial charge on any atom is -0.395 e. The van der Waals surface area contributed by atoms with Crippen molar-refractivity contribution in [2.75, 3.05) is 26.2 Å². The van der Waals surface area contributed by atoms with Gasteiger partial charge in [0, 0.05) is 6.54 Å². The summed E-state index contributed by atoms with van der Waals surface area (Å²) in [5.74, 6) is 3.22. The quantitative estimate of drug-likeness (QED) is 0.763. The largest absolute Gasteiger partial charge is 0.395 e. The van der Waals surface area contributed by atoms with Crippen molar-refractivity contribution in [1.82, 2.24) is 4.90 Å². The van der Waals surface area contributed by atoms with Crippen molar-refractivity contribution in [3.05, 3.63) is 0 Å². The topological polar surface area (TPSA) is 23.5 Å². The van der Waals surface area contributed by atoms with Crippen molar-refractivity contribution in [3.63, 3.8) is 0 Å². The van der Waals surface area contributed by atoms with E-state index in [9.17, 15) is 5.11 Å². The van der Waals surface area contributed by atoms with Crippen LogP contribution in [0, 0.1) is 23.2 Å². The summed E-state index contributed by atoms with van der Waals surface area (Å²) in [5.41, 5.74) is 0.705. The van der Waals surface area contributed by atoms with Gasteiger partial charge >= 0.3 is 0 Å². The number of aliphatic hydroxyl groups is 1. The van der Waals surface area contributed by atoms with Gasteiger partial charge in [-0.3, -0.25) is 0 Å². The fraction of sp³-hybridized carbons (Fsp3) is 1.00. The van der Waals surface area contributed by atoms with Crippen LogP contribution in [0.25, 0.3) is 0 Å². The number of hydrogen-bond donors (Lipinski definition) is 1. The first-order valence-electron chi connectivity index (χ1n) is 8.56. The molecule has 0 aromatic carbocycles. The standard InChI is InChI=1S/C17H31NO/c1-2-4-18(6-7-19)5-3-17-11-14-8-15(12-17)10-16(9-14)13-17/h14-16,19H,2-13H2,1H3. The Morgan fingerprint density at radius 1 is 0.947 bits per heavy atom. The van der Waals surface area contributed by atoms with E-state index < -0.39 is 0 Å². The third-order valence-corrected chi connectivity index (χ3v) is 6.08. The van der Waals surface area contributed by atoms with Crippen LogP contribution in [0.5, 0.6) is 0 Å². The van der Waals surface area contributed by atoms with Gasteiger partial charge in [0.1, 0.15) is 0 Å². The molecule has 0 aliphatic heterocycles. The number of hydrogen-bond acceptors (Lipinski definition) is 2. The first kappa shape index (κ1) is 13.9. The lowest BCUT2D eigenvalue weighted by Gasteiger charge is -2.57. The summed E-state index contributed by atoms with van der Waals surface area (Å²) in [6.07, 6.45) is 11.8. The molecule has 0 amide bonds. The third kappa shape index (κ3) is 3.00. The van der Waals surface area contributed by atoms with Gasteiger partial charge in [-0.1, -0.05) is 6.92 Å². The van der Waals surface area contributed by atoms with Gasteiger partial charge in [-0.05, 0) is 87.6 Å². The molecule has 0 aromatic rings. The van der Waals surface area contributed by atoms with Gasteiger partial charge in [0.15, 0.2) is 0 Å². The molecule has 0 heterocycles. The summed E-state index contributed by atoms with van der Waals surface area (Å²) in [6.45, 7) is 5.82. The van der Waals surface area contributed by atoms with E-state index in [0.29, 0.717) is 12.0 Å². The predicted molar refractivity (Wildman–Crippen MR) is 79.0 cm³/mol. The Balaban J connectivity index is 1.56. The van der Waals surface area contributed by atoms with Crippen molar-refractivity contribution < 1.29 is 5.11 Å². The van der Waals surface area contributed by atoms with E-state index in [1.54, 1.807) is 19.3 Å². The van der Waals surface area contributed by atoms with Crippen LogP contribution < -0.4 is 0 Å². The summed E-state index contributed by atoms with van der Waals surface area (Å²) in [6, 6.07) is 0. The minimum absolute atomic E-state index is 0.320. The van der Waals surface area contributed by atoms with E-state index in [1.807, 2.05) is 0 Å². The Morgan fingerprint density at radius 2 is 1.53 bits per heavy atom. The van der Waals surface area contributed by atoms with E-state index >= 15 is 0 Å². The molecule has 4 bridgehead atoms. The highest BCUT2D eigenvalue weighted by Gasteiger charge is 2.50. The predicted octanol–water partition coefficient (Wildman–Crippen LogP) is 3.30. The highest BCUT2D eigenvalue weighted by Crippen LogP contribution is 2.61. The van der Waals surface area contributed by atoms with Gasteiger partial charge in [-0.15, -0.1) is 0 Å². The van der Waals surface area contributed by atoms with Gasteiger partial charge in [-0.2, -0.15) is 0 Å². The van der Waals surface area contributed by atoms with Crippen molar-refractivity contribution >= 4 is 0 Å². The summed E-state index contributed by atoms with van der Waals surface area (Å²) in [5, 5.41) is 9.18. The lowest BCUT2D eigenvalue weighted by Crippen LogP contribution is -2.47. The van der Waals surface area contributed by atoms with Crippen LogP contribution >= 0.6 is 0 Å². The summed E-state index contributed by atoms with van der Waals surface area (Å²) in [7, 11) is 0. The van der Waals surface area contributed by atoms with Crippen LogP contribution in [0.1, 0.15) is 58.3 Å².